The molecule has 1 amide bonds. The van der Waals surface area contributed by atoms with E-state index in [-0.39, 0.29) is 12.3 Å². The van der Waals surface area contributed by atoms with Crippen LogP contribution >= 0.6 is 0 Å². The van der Waals surface area contributed by atoms with E-state index < -0.39 is 12.0 Å². The molecule has 21 heavy (non-hydrogen) atoms. The largest absolute Gasteiger partial charge is 0.481 e. The maximum Gasteiger partial charge on any atom is 0.305 e. The molecule has 0 aromatic heterocycles. The summed E-state index contributed by atoms with van der Waals surface area (Å²) in [4.78, 5) is 23.1. The Morgan fingerprint density at radius 3 is 2.57 bits per heavy atom. The molecule has 1 atom stereocenters. The van der Waals surface area contributed by atoms with Gasteiger partial charge in [0.15, 0.2) is 0 Å². The maximum atomic E-state index is 12.2. The number of carboxylic acid groups (broad SMARTS) is 1. The van der Waals surface area contributed by atoms with E-state index >= 15 is 0 Å². The van der Waals surface area contributed by atoms with Crippen molar-refractivity contribution in [2.75, 3.05) is 25.0 Å². The Kier molecular flexibility index (Phi) is 7.42. The van der Waals surface area contributed by atoms with Crippen LogP contribution in [0.3, 0.4) is 0 Å². The number of nitrogens with one attached hydrogen (secondary N) is 3. The fourth-order valence-electron chi connectivity index (χ4n) is 1.88. The Morgan fingerprint density at radius 1 is 1.24 bits per heavy atom. The number of carbonyl (C=O) groups is 2. The van der Waals surface area contributed by atoms with Crippen molar-refractivity contribution < 1.29 is 14.7 Å². The van der Waals surface area contributed by atoms with Crippen molar-refractivity contribution in [1.82, 2.24) is 10.6 Å². The number of carbonyl (C=O) groups excluding carboxylic acids is 1. The van der Waals surface area contributed by atoms with Gasteiger partial charge in [-0.05, 0) is 25.1 Å². The van der Waals surface area contributed by atoms with Gasteiger partial charge in [-0.15, -0.1) is 0 Å². The third-order valence-electron chi connectivity index (χ3n) is 3.04. The average molecular weight is 293 g/mol. The van der Waals surface area contributed by atoms with Crippen LogP contribution in [0.5, 0.6) is 0 Å². The van der Waals surface area contributed by atoms with Gasteiger partial charge in [-0.2, -0.15) is 0 Å². The number of rotatable bonds is 9. The second-order valence-corrected chi connectivity index (χ2v) is 4.76. The monoisotopic (exact) mass is 293 g/mol. The third-order valence-corrected chi connectivity index (χ3v) is 3.04. The third kappa shape index (κ3) is 6.37. The summed E-state index contributed by atoms with van der Waals surface area (Å²) in [5, 5.41) is 17.8. The number of anilines is 1. The minimum absolute atomic E-state index is 0.246. The minimum Gasteiger partial charge on any atom is -0.481 e. The number of hydrogen-bond donors (Lipinski definition) is 4. The van der Waals surface area contributed by atoms with Gasteiger partial charge < -0.3 is 21.1 Å². The Hall–Kier alpha value is -1.92. The lowest BCUT2D eigenvalue weighted by atomic mass is 10.1. The molecule has 116 valence electrons. The number of amides is 1. The van der Waals surface area contributed by atoms with Crippen LogP contribution in [0.1, 0.15) is 18.9 Å². The Labute approximate surface area is 124 Å². The molecule has 1 aromatic rings. The van der Waals surface area contributed by atoms with Gasteiger partial charge >= 0.3 is 5.97 Å². The van der Waals surface area contributed by atoms with Crippen molar-refractivity contribution in [2.45, 2.75) is 26.3 Å². The lowest BCUT2D eigenvalue weighted by Crippen LogP contribution is -2.44. The highest BCUT2D eigenvalue weighted by Crippen LogP contribution is 2.13. The topological polar surface area (TPSA) is 90.5 Å². The predicted molar refractivity (Wildman–Crippen MR) is 82.4 cm³/mol. The van der Waals surface area contributed by atoms with Crippen LogP contribution in [0.4, 0.5) is 5.69 Å². The zero-order chi connectivity index (χ0) is 15.7. The van der Waals surface area contributed by atoms with E-state index in [2.05, 4.69) is 16.0 Å². The molecule has 6 heteroatoms. The van der Waals surface area contributed by atoms with Gasteiger partial charge in [0, 0.05) is 18.8 Å². The molecule has 0 saturated carbocycles. The standard InChI is InChI=1S/C15H23N3O3/c1-3-16-8-9-17-13(10-14(19)20)15(21)18-12-7-5-4-6-11(12)2/h4-7,13,16-17H,3,8-10H2,1-2H3,(H,18,21)(H,19,20). The molecule has 0 aliphatic rings. The van der Waals surface area contributed by atoms with Gasteiger partial charge in [-0.1, -0.05) is 25.1 Å². The van der Waals surface area contributed by atoms with Crippen LogP contribution in [0, 0.1) is 6.92 Å². The second kappa shape index (κ2) is 9.10. The van der Waals surface area contributed by atoms with Crippen molar-refractivity contribution in [2.24, 2.45) is 0 Å². The number of carboxylic acids is 1. The molecule has 0 spiro atoms. The van der Waals surface area contributed by atoms with Gasteiger partial charge in [0.05, 0.1) is 12.5 Å². The highest BCUT2D eigenvalue weighted by molar-refractivity contribution is 5.97. The summed E-state index contributed by atoms with van der Waals surface area (Å²) in [6.45, 7) is 5.93. The SMILES string of the molecule is CCNCCNC(CC(=O)O)C(=O)Nc1ccccc1C. The van der Waals surface area contributed by atoms with Crippen LogP contribution in [0.15, 0.2) is 24.3 Å². The number of hydrogen-bond acceptors (Lipinski definition) is 4. The number of aliphatic carboxylic acids is 1. The van der Waals surface area contributed by atoms with Gasteiger partial charge in [0.25, 0.3) is 0 Å². The van der Waals surface area contributed by atoms with Gasteiger partial charge in [0.2, 0.25) is 5.91 Å². The first-order valence-electron chi connectivity index (χ1n) is 7.07. The van der Waals surface area contributed by atoms with Crippen molar-refractivity contribution in [3.05, 3.63) is 29.8 Å². The number of likely N-dealkylation sites (N-methyl/N-ethyl adjacent to an activating group) is 1. The van der Waals surface area contributed by atoms with E-state index in [1.165, 1.54) is 0 Å². The molecule has 0 radical (unpaired) electrons. The molecular formula is C15H23N3O3. The van der Waals surface area contributed by atoms with Crippen LogP contribution in [0.2, 0.25) is 0 Å². The van der Waals surface area contributed by atoms with Gasteiger partial charge in [-0.25, -0.2) is 0 Å². The normalized spacial score (nSPS) is 11.9. The highest BCUT2D eigenvalue weighted by Gasteiger charge is 2.21. The summed E-state index contributed by atoms with van der Waals surface area (Å²) < 4.78 is 0. The number of benzene rings is 1. The molecule has 0 aliphatic heterocycles. The van der Waals surface area contributed by atoms with Crippen molar-refractivity contribution >= 4 is 17.6 Å². The van der Waals surface area contributed by atoms with Crippen molar-refractivity contribution in [3.63, 3.8) is 0 Å². The Bertz CT molecular complexity index is 477. The van der Waals surface area contributed by atoms with Crippen LogP contribution in [-0.4, -0.2) is 42.7 Å². The molecule has 0 fully saturated rings. The molecule has 0 aliphatic carbocycles. The maximum absolute atomic E-state index is 12.2. The quantitative estimate of drug-likeness (QED) is 0.510. The first-order chi connectivity index (χ1) is 10.0. The lowest BCUT2D eigenvalue weighted by molar-refractivity contribution is -0.139. The molecule has 1 rings (SSSR count). The van der Waals surface area contributed by atoms with E-state index in [0.717, 1.165) is 12.1 Å². The van der Waals surface area contributed by atoms with E-state index in [0.29, 0.717) is 18.8 Å². The first-order valence-corrected chi connectivity index (χ1v) is 7.07. The molecule has 0 saturated heterocycles. The van der Waals surface area contributed by atoms with Gasteiger partial charge in [-0.3, -0.25) is 9.59 Å². The molecule has 1 aromatic carbocycles. The summed E-state index contributed by atoms with van der Waals surface area (Å²) in [5.74, 6) is -1.33. The van der Waals surface area contributed by atoms with Crippen LogP contribution < -0.4 is 16.0 Å². The zero-order valence-electron chi connectivity index (χ0n) is 12.5. The van der Waals surface area contributed by atoms with E-state index in [1.807, 2.05) is 32.0 Å². The summed E-state index contributed by atoms with van der Waals surface area (Å²) in [5.41, 5.74) is 1.64. The van der Waals surface area contributed by atoms with Crippen molar-refractivity contribution in [3.8, 4) is 0 Å². The van der Waals surface area contributed by atoms with Crippen molar-refractivity contribution in [1.29, 1.82) is 0 Å². The minimum atomic E-state index is -1.00. The van der Waals surface area contributed by atoms with Crippen LogP contribution in [0.25, 0.3) is 0 Å². The summed E-state index contributed by atoms with van der Waals surface area (Å²) >= 11 is 0. The number of aryl methyl sites for hydroxylation is 1. The van der Waals surface area contributed by atoms with Gasteiger partial charge in [0.1, 0.15) is 0 Å². The highest BCUT2D eigenvalue weighted by atomic mass is 16.4. The fourth-order valence-corrected chi connectivity index (χ4v) is 1.88. The van der Waals surface area contributed by atoms with E-state index in [4.69, 9.17) is 5.11 Å². The summed E-state index contributed by atoms with van der Waals surface area (Å²) in [6.07, 6.45) is -0.246. The molecule has 0 bridgehead atoms. The van der Waals surface area contributed by atoms with E-state index in [9.17, 15) is 9.59 Å². The number of para-hydroxylation sites is 1. The zero-order valence-corrected chi connectivity index (χ0v) is 12.5. The Morgan fingerprint density at radius 2 is 1.95 bits per heavy atom. The summed E-state index contributed by atoms with van der Waals surface area (Å²) in [7, 11) is 0. The average Bonchev–Trinajstić information content (AvgIpc) is 2.44. The van der Waals surface area contributed by atoms with Crippen LogP contribution in [-0.2, 0) is 9.59 Å². The molecule has 1 unspecified atom stereocenters. The first kappa shape index (κ1) is 17.1. The Balaban J connectivity index is 2.62. The smallest absolute Gasteiger partial charge is 0.305 e. The molecular weight excluding hydrogens is 270 g/mol. The molecule has 6 nitrogen and oxygen atoms in total. The molecule has 4 N–H and O–H groups in total. The predicted octanol–water partition coefficient (Wildman–Crippen LogP) is 0.976. The summed E-state index contributed by atoms with van der Waals surface area (Å²) in [6, 6.07) is 6.65. The van der Waals surface area contributed by atoms with E-state index in [1.54, 1.807) is 6.07 Å². The molecule has 0 heterocycles. The second-order valence-electron chi connectivity index (χ2n) is 4.76. The lowest BCUT2D eigenvalue weighted by Gasteiger charge is -2.17. The fraction of sp³-hybridized carbons (Fsp3) is 0.467.